The number of ether oxygens (including phenoxy) is 3. The Morgan fingerprint density at radius 3 is 1.72 bits per heavy atom. The van der Waals surface area contributed by atoms with E-state index in [0.29, 0.717) is 18.7 Å². The quantitative estimate of drug-likeness (QED) is 0.100. The van der Waals surface area contributed by atoms with E-state index in [9.17, 15) is 52.7 Å². The standard InChI is InChI=1S/C32H18F12O3/c1-2-3-8-45-19-7-6-17(21(33)13-19)5-4-16-9-24(36)29(25(37)10-16)31(40,41)46-20-14-22(34)28(23(35)15-20)18-11-26(38)30(27(39)12-18)47-32(42,43)44/h6-7,9-15H,2-3,8H2,1H3. The van der Waals surface area contributed by atoms with Crippen molar-refractivity contribution in [3.05, 3.63) is 112 Å². The lowest BCUT2D eigenvalue weighted by Crippen LogP contribution is -2.25. The van der Waals surface area contributed by atoms with Crippen LogP contribution in [0.25, 0.3) is 11.1 Å². The molecule has 0 fully saturated rings. The Kier molecular flexibility index (Phi) is 10.2. The first-order valence-electron chi connectivity index (χ1n) is 13.2. The second-order valence-corrected chi connectivity index (χ2v) is 9.61. The van der Waals surface area contributed by atoms with Crippen molar-refractivity contribution in [2.75, 3.05) is 6.61 Å². The average molecular weight is 678 g/mol. The van der Waals surface area contributed by atoms with E-state index in [-0.39, 0.29) is 35.6 Å². The summed E-state index contributed by atoms with van der Waals surface area (Å²) in [5, 5.41) is 0. The van der Waals surface area contributed by atoms with Gasteiger partial charge in [-0.3, -0.25) is 0 Å². The third kappa shape index (κ3) is 8.43. The number of hydrogen-bond donors (Lipinski definition) is 0. The van der Waals surface area contributed by atoms with Crippen molar-refractivity contribution >= 4 is 0 Å². The molecule has 0 saturated carbocycles. The van der Waals surface area contributed by atoms with Gasteiger partial charge in [0.2, 0.25) is 5.75 Å². The molecule has 0 aromatic heterocycles. The first-order chi connectivity index (χ1) is 22.0. The van der Waals surface area contributed by atoms with Crippen molar-refractivity contribution in [2.24, 2.45) is 0 Å². The predicted octanol–water partition coefficient (Wildman–Crippen LogP) is 9.93. The third-order valence-electron chi connectivity index (χ3n) is 6.15. The van der Waals surface area contributed by atoms with E-state index in [4.69, 9.17) is 4.74 Å². The van der Waals surface area contributed by atoms with Gasteiger partial charge < -0.3 is 14.2 Å². The van der Waals surface area contributed by atoms with E-state index in [0.717, 1.165) is 18.9 Å². The second-order valence-electron chi connectivity index (χ2n) is 9.61. The van der Waals surface area contributed by atoms with E-state index in [1.54, 1.807) is 0 Å². The summed E-state index contributed by atoms with van der Waals surface area (Å²) >= 11 is 0. The number of rotatable bonds is 9. The van der Waals surface area contributed by atoms with E-state index < -0.39 is 86.9 Å². The fourth-order valence-electron chi connectivity index (χ4n) is 4.09. The van der Waals surface area contributed by atoms with Crippen LogP contribution in [0.1, 0.15) is 36.5 Å². The third-order valence-corrected chi connectivity index (χ3v) is 6.15. The molecular weight excluding hydrogens is 660 g/mol. The minimum absolute atomic E-state index is 0.0760. The van der Waals surface area contributed by atoms with Gasteiger partial charge in [0.15, 0.2) is 11.6 Å². The summed E-state index contributed by atoms with van der Waals surface area (Å²) in [7, 11) is 0. The summed E-state index contributed by atoms with van der Waals surface area (Å²) < 4.78 is 181. The summed E-state index contributed by atoms with van der Waals surface area (Å²) in [4.78, 5) is 0. The Morgan fingerprint density at radius 2 is 1.19 bits per heavy atom. The molecule has 0 amide bonds. The molecular formula is C32H18F12O3. The van der Waals surface area contributed by atoms with Gasteiger partial charge in [-0.05, 0) is 48.4 Å². The molecule has 0 aliphatic rings. The van der Waals surface area contributed by atoms with Crippen LogP contribution in [0, 0.1) is 52.6 Å². The Labute approximate surface area is 258 Å². The van der Waals surface area contributed by atoms with Crippen LogP contribution in [0.2, 0.25) is 0 Å². The molecule has 4 aromatic carbocycles. The molecule has 0 radical (unpaired) electrons. The molecule has 0 atom stereocenters. The summed E-state index contributed by atoms with van der Waals surface area (Å²) in [6, 6.07) is 4.76. The van der Waals surface area contributed by atoms with Crippen molar-refractivity contribution < 1.29 is 66.9 Å². The van der Waals surface area contributed by atoms with Gasteiger partial charge in [-0.1, -0.05) is 25.2 Å². The van der Waals surface area contributed by atoms with Crippen LogP contribution in [0.3, 0.4) is 0 Å². The number of unbranched alkanes of at least 4 members (excludes halogenated alkanes) is 1. The average Bonchev–Trinajstić information content (AvgIpc) is 2.93. The Morgan fingerprint density at radius 1 is 0.617 bits per heavy atom. The lowest BCUT2D eigenvalue weighted by molar-refractivity contribution is -0.276. The van der Waals surface area contributed by atoms with Crippen LogP contribution in [0.15, 0.2) is 54.6 Å². The molecule has 3 nitrogen and oxygen atoms in total. The van der Waals surface area contributed by atoms with Crippen LogP contribution >= 0.6 is 0 Å². The largest absolute Gasteiger partial charge is 0.573 e. The normalized spacial score (nSPS) is 11.6. The zero-order valence-corrected chi connectivity index (χ0v) is 23.6. The first kappa shape index (κ1) is 34.9. The van der Waals surface area contributed by atoms with Gasteiger partial charge in [-0.25, -0.2) is 30.7 Å². The van der Waals surface area contributed by atoms with E-state index in [1.807, 2.05) is 6.92 Å². The first-order valence-corrected chi connectivity index (χ1v) is 13.2. The molecule has 4 aromatic rings. The van der Waals surface area contributed by atoms with Crippen molar-refractivity contribution in [1.29, 1.82) is 0 Å². The highest BCUT2D eigenvalue weighted by Gasteiger charge is 2.41. The fourth-order valence-corrected chi connectivity index (χ4v) is 4.09. The highest BCUT2D eigenvalue weighted by molar-refractivity contribution is 5.67. The van der Waals surface area contributed by atoms with E-state index in [2.05, 4.69) is 21.3 Å². The van der Waals surface area contributed by atoms with Crippen LogP contribution < -0.4 is 14.2 Å². The molecule has 0 heterocycles. The summed E-state index contributed by atoms with van der Waals surface area (Å²) in [6.45, 7) is 2.28. The molecule has 0 unspecified atom stereocenters. The van der Waals surface area contributed by atoms with Gasteiger partial charge >= 0.3 is 12.5 Å². The maximum atomic E-state index is 14.9. The minimum atomic E-state index is -5.51. The summed E-state index contributed by atoms with van der Waals surface area (Å²) in [5.41, 5.74) is -4.94. The van der Waals surface area contributed by atoms with Crippen LogP contribution in [0.5, 0.6) is 17.2 Å². The Bertz CT molecular complexity index is 1790. The number of halogens is 12. The van der Waals surface area contributed by atoms with Crippen LogP contribution in [-0.2, 0) is 6.11 Å². The zero-order valence-electron chi connectivity index (χ0n) is 23.6. The van der Waals surface area contributed by atoms with Crippen molar-refractivity contribution in [1.82, 2.24) is 0 Å². The van der Waals surface area contributed by atoms with Gasteiger partial charge in [0.25, 0.3) is 0 Å². The number of alkyl halides is 5. The minimum Gasteiger partial charge on any atom is -0.493 e. The molecule has 0 aliphatic carbocycles. The van der Waals surface area contributed by atoms with Crippen molar-refractivity contribution in [3.63, 3.8) is 0 Å². The predicted molar refractivity (Wildman–Crippen MR) is 142 cm³/mol. The summed E-state index contributed by atoms with van der Waals surface area (Å²) in [6.07, 6.45) is -8.84. The smallest absolute Gasteiger partial charge is 0.493 e. The van der Waals surface area contributed by atoms with E-state index in [1.165, 1.54) is 12.1 Å². The summed E-state index contributed by atoms with van der Waals surface area (Å²) in [5.74, 6) is -10.7. The van der Waals surface area contributed by atoms with Gasteiger partial charge in [-0.2, -0.15) is 8.78 Å². The van der Waals surface area contributed by atoms with Gasteiger partial charge in [0.05, 0.1) is 17.7 Å². The number of benzene rings is 4. The molecule has 15 heteroatoms. The maximum Gasteiger partial charge on any atom is 0.573 e. The fraction of sp³-hybridized carbons (Fsp3) is 0.188. The number of hydrogen-bond acceptors (Lipinski definition) is 3. The van der Waals surface area contributed by atoms with E-state index >= 15 is 0 Å². The molecule has 0 aliphatic heterocycles. The van der Waals surface area contributed by atoms with Gasteiger partial charge in [-0.15, -0.1) is 13.2 Å². The highest BCUT2D eigenvalue weighted by Crippen LogP contribution is 2.39. The maximum absolute atomic E-state index is 14.9. The lowest BCUT2D eigenvalue weighted by Gasteiger charge is -2.20. The highest BCUT2D eigenvalue weighted by atomic mass is 19.4. The van der Waals surface area contributed by atoms with Crippen LogP contribution in [-0.4, -0.2) is 13.0 Å². The van der Waals surface area contributed by atoms with Gasteiger partial charge in [0.1, 0.15) is 46.1 Å². The second kappa shape index (κ2) is 13.8. The molecule has 4 rings (SSSR count). The van der Waals surface area contributed by atoms with Crippen molar-refractivity contribution in [3.8, 4) is 40.2 Å². The molecule has 0 saturated heterocycles. The molecule has 0 bridgehead atoms. The molecule has 0 spiro atoms. The zero-order chi connectivity index (χ0) is 34.7. The van der Waals surface area contributed by atoms with Gasteiger partial charge in [0, 0.05) is 23.8 Å². The Hall–Kier alpha value is -5.00. The SMILES string of the molecule is CCCCOc1ccc(C#Cc2cc(F)c(C(F)(F)Oc3cc(F)c(-c4cc(F)c(OC(F)(F)F)c(F)c4)c(F)c3)c(F)c2)c(F)c1. The molecule has 47 heavy (non-hydrogen) atoms. The Balaban J connectivity index is 1.57. The molecule has 0 N–H and O–H groups in total. The monoisotopic (exact) mass is 678 g/mol. The molecule has 248 valence electrons. The van der Waals surface area contributed by atoms with Crippen LogP contribution in [0.4, 0.5) is 52.7 Å². The van der Waals surface area contributed by atoms with Crippen molar-refractivity contribution in [2.45, 2.75) is 32.2 Å². The lowest BCUT2D eigenvalue weighted by atomic mass is 10.0. The topological polar surface area (TPSA) is 27.7 Å².